The lowest BCUT2D eigenvalue weighted by Crippen LogP contribution is -2.31. The van der Waals surface area contributed by atoms with Crippen LogP contribution in [0.3, 0.4) is 0 Å². The zero-order valence-electron chi connectivity index (χ0n) is 11.9. The molecular formula is C15H19ClN4S. The Morgan fingerprint density at radius 3 is 2.67 bits per heavy atom. The van der Waals surface area contributed by atoms with Crippen LogP contribution in [-0.2, 0) is 0 Å². The first-order valence-corrected chi connectivity index (χ1v) is 8.71. The summed E-state index contributed by atoms with van der Waals surface area (Å²) in [6.07, 6.45) is 4.06. The van der Waals surface area contributed by atoms with Gasteiger partial charge < -0.3 is 4.90 Å². The summed E-state index contributed by atoms with van der Waals surface area (Å²) >= 11 is 7.60. The van der Waals surface area contributed by atoms with Gasteiger partial charge in [0.15, 0.2) is 5.82 Å². The van der Waals surface area contributed by atoms with Gasteiger partial charge in [-0.05, 0) is 50.2 Å². The summed E-state index contributed by atoms with van der Waals surface area (Å²) in [6.45, 7) is 3.60. The van der Waals surface area contributed by atoms with E-state index in [2.05, 4.69) is 20.1 Å². The minimum absolute atomic E-state index is 0.731. The molecule has 1 aromatic heterocycles. The third kappa shape index (κ3) is 4.22. The lowest BCUT2D eigenvalue weighted by atomic mass is 10.1. The van der Waals surface area contributed by atoms with Gasteiger partial charge in [0.2, 0.25) is 5.16 Å². The molecule has 1 aliphatic rings. The van der Waals surface area contributed by atoms with E-state index in [1.807, 2.05) is 24.3 Å². The van der Waals surface area contributed by atoms with Crippen molar-refractivity contribution in [3.63, 3.8) is 0 Å². The molecule has 1 N–H and O–H groups in total. The summed E-state index contributed by atoms with van der Waals surface area (Å²) in [6, 6.07) is 7.63. The first kappa shape index (κ1) is 14.9. The molecule has 1 aliphatic heterocycles. The fourth-order valence-corrected chi connectivity index (χ4v) is 3.42. The Hall–Kier alpha value is -1.04. The molecule has 0 saturated carbocycles. The highest BCUT2D eigenvalue weighted by atomic mass is 35.5. The van der Waals surface area contributed by atoms with Gasteiger partial charge in [0.1, 0.15) is 0 Å². The zero-order valence-corrected chi connectivity index (χ0v) is 13.5. The van der Waals surface area contributed by atoms with E-state index in [1.54, 1.807) is 11.8 Å². The van der Waals surface area contributed by atoms with Crippen LogP contribution in [0, 0.1) is 0 Å². The van der Waals surface area contributed by atoms with Crippen LogP contribution < -0.4 is 0 Å². The van der Waals surface area contributed by atoms with E-state index in [1.165, 1.54) is 32.4 Å². The molecule has 112 valence electrons. The van der Waals surface area contributed by atoms with Crippen LogP contribution in [0.2, 0.25) is 5.02 Å². The molecule has 1 saturated heterocycles. The van der Waals surface area contributed by atoms with Gasteiger partial charge in [0.05, 0.1) is 0 Å². The maximum absolute atomic E-state index is 5.89. The van der Waals surface area contributed by atoms with E-state index < -0.39 is 0 Å². The van der Waals surface area contributed by atoms with Gasteiger partial charge in [0.25, 0.3) is 0 Å². The van der Waals surface area contributed by atoms with Crippen LogP contribution in [-0.4, -0.2) is 45.5 Å². The summed E-state index contributed by atoms with van der Waals surface area (Å²) in [5.41, 5.74) is 1.01. The van der Waals surface area contributed by atoms with Crippen molar-refractivity contribution in [2.24, 2.45) is 0 Å². The molecule has 1 fully saturated rings. The summed E-state index contributed by atoms with van der Waals surface area (Å²) in [5.74, 6) is 1.84. The van der Waals surface area contributed by atoms with Crippen molar-refractivity contribution in [3.05, 3.63) is 29.3 Å². The highest BCUT2D eigenvalue weighted by Crippen LogP contribution is 2.21. The van der Waals surface area contributed by atoms with Gasteiger partial charge in [-0.25, -0.2) is 4.98 Å². The minimum Gasteiger partial charge on any atom is -0.303 e. The fourth-order valence-electron chi connectivity index (χ4n) is 2.50. The molecule has 3 rings (SSSR count). The maximum Gasteiger partial charge on any atom is 0.208 e. The average molecular weight is 323 g/mol. The van der Waals surface area contributed by atoms with E-state index in [4.69, 9.17) is 11.6 Å². The van der Waals surface area contributed by atoms with Crippen molar-refractivity contribution in [1.82, 2.24) is 20.1 Å². The molecule has 0 aliphatic carbocycles. The van der Waals surface area contributed by atoms with E-state index in [0.717, 1.165) is 33.9 Å². The van der Waals surface area contributed by atoms with Crippen LogP contribution in [0.5, 0.6) is 0 Å². The third-order valence-electron chi connectivity index (χ3n) is 3.67. The Labute approximate surface area is 134 Å². The Kier molecular flexibility index (Phi) is 5.17. The molecular weight excluding hydrogens is 304 g/mol. The predicted octanol–water partition coefficient (Wildman–Crippen LogP) is 3.70. The van der Waals surface area contributed by atoms with Gasteiger partial charge in [-0.2, -0.15) is 0 Å². The fraction of sp³-hybridized carbons (Fsp3) is 0.467. The first-order valence-electron chi connectivity index (χ1n) is 7.35. The molecule has 0 atom stereocenters. The second-order valence-corrected chi connectivity index (χ2v) is 6.72. The van der Waals surface area contributed by atoms with Gasteiger partial charge >= 0.3 is 0 Å². The smallest absolute Gasteiger partial charge is 0.208 e. The monoisotopic (exact) mass is 322 g/mol. The lowest BCUT2D eigenvalue weighted by molar-refractivity contribution is 0.242. The molecule has 0 radical (unpaired) electrons. The molecule has 0 bridgehead atoms. The minimum atomic E-state index is 0.731. The highest BCUT2D eigenvalue weighted by Gasteiger charge is 2.11. The van der Waals surface area contributed by atoms with Gasteiger partial charge in [-0.3, -0.25) is 5.10 Å². The number of likely N-dealkylation sites (tertiary alicyclic amines) is 1. The Balaban J connectivity index is 1.51. The van der Waals surface area contributed by atoms with Crippen LogP contribution in [0.25, 0.3) is 11.4 Å². The van der Waals surface area contributed by atoms with Crippen molar-refractivity contribution in [3.8, 4) is 11.4 Å². The summed E-state index contributed by atoms with van der Waals surface area (Å²) < 4.78 is 0. The van der Waals surface area contributed by atoms with Gasteiger partial charge in [-0.1, -0.05) is 29.8 Å². The quantitative estimate of drug-likeness (QED) is 0.852. The van der Waals surface area contributed by atoms with Crippen LogP contribution in [0.4, 0.5) is 0 Å². The number of hydrogen-bond acceptors (Lipinski definition) is 4. The molecule has 2 aromatic rings. The Morgan fingerprint density at radius 2 is 1.90 bits per heavy atom. The summed E-state index contributed by atoms with van der Waals surface area (Å²) in [4.78, 5) is 7.06. The molecule has 4 nitrogen and oxygen atoms in total. The van der Waals surface area contributed by atoms with Crippen molar-refractivity contribution < 1.29 is 0 Å². The van der Waals surface area contributed by atoms with E-state index >= 15 is 0 Å². The molecule has 1 aromatic carbocycles. The molecule has 21 heavy (non-hydrogen) atoms. The molecule has 0 amide bonds. The van der Waals surface area contributed by atoms with Crippen LogP contribution in [0.1, 0.15) is 19.3 Å². The van der Waals surface area contributed by atoms with Crippen molar-refractivity contribution in [2.45, 2.75) is 24.4 Å². The van der Waals surface area contributed by atoms with Crippen molar-refractivity contribution in [1.29, 1.82) is 0 Å². The average Bonchev–Trinajstić information content (AvgIpc) is 2.98. The van der Waals surface area contributed by atoms with Crippen LogP contribution in [0.15, 0.2) is 29.4 Å². The molecule has 0 unspecified atom stereocenters. The zero-order chi connectivity index (χ0) is 14.5. The standard InChI is InChI=1S/C15H19ClN4S/c16-13-6-4-12(5-7-13)14-17-15(19-18-14)21-11-10-20-8-2-1-3-9-20/h4-7H,1-3,8-11H2,(H,17,18,19). The number of aromatic amines is 1. The second-order valence-electron chi connectivity index (χ2n) is 5.22. The van der Waals surface area contributed by atoms with Crippen molar-refractivity contribution in [2.75, 3.05) is 25.4 Å². The SMILES string of the molecule is Clc1ccc(-c2nc(SCCN3CCCCC3)n[nH]2)cc1. The van der Waals surface area contributed by atoms with Crippen LogP contribution >= 0.6 is 23.4 Å². The lowest BCUT2D eigenvalue weighted by Gasteiger charge is -2.25. The van der Waals surface area contributed by atoms with E-state index in [-0.39, 0.29) is 0 Å². The van der Waals surface area contributed by atoms with Gasteiger partial charge in [0, 0.05) is 22.9 Å². The van der Waals surface area contributed by atoms with E-state index in [0.29, 0.717) is 0 Å². The number of aromatic nitrogens is 3. The first-order chi connectivity index (χ1) is 10.3. The summed E-state index contributed by atoms with van der Waals surface area (Å²) in [7, 11) is 0. The number of thioether (sulfide) groups is 1. The number of rotatable bonds is 5. The number of piperidine rings is 1. The van der Waals surface area contributed by atoms with Crippen molar-refractivity contribution >= 4 is 23.4 Å². The summed E-state index contributed by atoms with van der Waals surface area (Å²) in [5, 5.41) is 8.81. The number of H-pyrrole nitrogens is 1. The number of benzene rings is 1. The third-order valence-corrected chi connectivity index (χ3v) is 4.75. The maximum atomic E-state index is 5.89. The molecule has 6 heteroatoms. The van der Waals surface area contributed by atoms with E-state index in [9.17, 15) is 0 Å². The Bertz CT molecular complexity index is 563. The normalized spacial score (nSPS) is 16.2. The number of nitrogens with zero attached hydrogens (tertiary/aromatic N) is 3. The molecule has 0 spiro atoms. The topological polar surface area (TPSA) is 44.8 Å². The number of halogens is 1. The van der Waals surface area contributed by atoms with Gasteiger partial charge in [-0.15, -0.1) is 5.10 Å². The Morgan fingerprint density at radius 1 is 1.14 bits per heavy atom. The predicted molar refractivity (Wildman–Crippen MR) is 87.8 cm³/mol. The second kappa shape index (κ2) is 7.29. The largest absolute Gasteiger partial charge is 0.303 e. The number of hydrogen-bond donors (Lipinski definition) is 1. The molecule has 2 heterocycles. The number of nitrogens with one attached hydrogen (secondary N) is 1. The highest BCUT2D eigenvalue weighted by molar-refractivity contribution is 7.99.